The van der Waals surface area contributed by atoms with Crippen molar-refractivity contribution in [3.8, 4) is 11.1 Å². The summed E-state index contributed by atoms with van der Waals surface area (Å²) in [5.41, 5.74) is 4.15. The average Bonchev–Trinajstić information content (AvgIpc) is 3.12. The molecule has 0 spiro atoms. The van der Waals surface area contributed by atoms with Crippen LogP contribution in [0.25, 0.3) is 11.1 Å². The Labute approximate surface area is 199 Å². The minimum Gasteiger partial charge on any atom is -0.481 e. The molecular weight excluding hydrogens is 432 g/mol. The molecule has 7 heteroatoms. The maximum atomic E-state index is 12.7. The van der Waals surface area contributed by atoms with E-state index < -0.39 is 17.6 Å². The maximum Gasteiger partial charge on any atom is 0.407 e. The highest BCUT2D eigenvalue weighted by Gasteiger charge is 2.41. The normalized spacial score (nSPS) is 15.5. The first-order valence-electron chi connectivity index (χ1n) is 12.1. The first-order valence-corrected chi connectivity index (χ1v) is 12.1. The predicted molar refractivity (Wildman–Crippen MR) is 129 cm³/mol. The number of carbonyl (C=O) groups is 3. The third kappa shape index (κ3) is 5.58. The molecule has 0 heterocycles. The summed E-state index contributed by atoms with van der Waals surface area (Å²) in [6.07, 6.45) is 4.48. The SMILES string of the molecule is O=C(O)CCCCCNC(=O)CC1(NC(=O)OCC2c3ccccc3-c3ccccc32)CCC1. The van der Waals surface area contributed by atoms with Gasteiger partial charge < -0.3 is 20.5 Å². The number of aliphatic carboxylic acids is 1. The number of carbonyl (C=O) groups excluding carboxylic acids is 2. The first-order chi connectivity index (χ1) is 16.5. The molecule has 0 unspecified atom stereocenters. The molecule has 4 rings (SSSR count). The van der Waals surface area contributed by atoms with Crippen LogP contribution in [0.2, 0.25) is 0 Å². The van der Waals surface area contributed by atoms with Crippen LogP contribution in [0.5, 0.6) is 0 Å². The molecule has 34 heavy (non-hydrogen) atoms. The molecule has 180 valence electrons. The largest absolute Gasteiger partial charge is 0.481 e. The molecule has 0 radical (unpaired) electrons. The molecule has 7 nitrogen and oxygen atoms in total. The number of nitrogens with one attached hydrogen (secondary N) is 2. The molecular formula is C27H32N2O5. The van der Waals surface area contributed by atoms with Crippen molar-refractivity contribution in [2.75, 3.05) is 13.2 Å². The van der Waals surface area contributed by atoms with Crippen molar-refractivity contribution < 1.29 is 24.2 Å². The lowest BCUT2D eigenvalue weighted by atomic mass is 9.74. The third-order valence-electron chi connectivity index (χ3n) is 6.91. The Morgan fingerprint density at radius 3 is 2.18 bits per heavy atom. The number of alkyl carbamates (subject to hydrolysis) is 1. The van der Waals surface area contributed by atoms with Gasteiger partial charge >= 0.3 is 12.1 Å². The van der Waals surface area contributed by atoms with Gasteiger partial charge in [-0.15, -0.1) is 0 Å². The quantitative estimate of drug-likeness (QED) is 0.422. The Kier molecular flexibility index (Phi) is 7.50. The molecule has 2 aliphatic carbocycles. The zero-order chi connectivity index (χ0) is 24.0. The molecule has 0 bridgehead atoms. The second-order valence-electron chi connectivity index (χ2n) is 9.32. The van der Waals surface area contributed by atoms with Gasteiger partial charge in [-0.2, -0.15) is 0 Å². The Hall–Kier alpha value is -3.35. The zero-order valence-electron chi connectivity index (χ0n) is 19.3. The van der Waals surface area contributed by atoms with E-state index in [1.165, 1.54) is 11.1 Å². The molecule has 2 aliphatic rings. The van der Waals surface area contributed by atoms with E-state index in [2.05, 4.69) is 34.9 Å². The van der Waals surface area contributed by atoms with Gasteiger partial charge in [-0.25, -0.2) is 4.79 Å². The van der Waals surface area contributed by atoms with E-state index >= 15 is 0 Å². The van der Waals surface area contributed by atoms with Gasteiger partial charge in [0.05, 0.1) is 5.54 Å². The monoisotopic (exact) mass is 464 g/mol. The minimum atomic E-state index is -0.796. The lowest BCUT2D eigenvalue weighted by Gasteiger charge is -2.41. The summed E-state index contributed by atoms with van der Waals surface area (Å²) in [4.78, 5) is 35.6. The molecule has 3 N–H and O–H groups in total. The van der Waals surface area contributed by atoms with E-state index in [-0.39, 0.29) is 31.3 Å². The summed E-state index contributed by atoms with van der Waals surface area (Å²) in [7, 11) is 0. The lowest BCUT2D eigenvalue weighted by Crippen LogP contribution is -2.56. The summed E-state index contributed by atoms with van der Waals surface area (Å²) in [6.45, 7) is 0.762. The number of rotatable bonds is 11. The highest BCUT2D eigenvalue weighted by molar-refractivity contribution is 5.80. The van der Waals surface area contributed by atoms with Crippen LogP contribution in [0.15, 0.2) is 48.5 Å². The van der Waals surface area contributed by atoms with Gasteiger partial charge in [-0.3, -0.25) is 9.59 Å². The van der Waals surface area contributed by atoms with Crippen molar-refractivity contribution >= 4 is 18.0 Å². The van der Waals surface area contributed by atoms with Crippen LogP contribution < -0.4 is 10.6 Å². The summed E-state index contributed by atoms with van der Waals surface area (Å²) < 4.78 is 5.67. The fourth-order valence-corrected chi connectivity index (χ4v) is 4.98. The van der Waals surface area contributed by atoms with Gasteiger partial charge in [0.25, 0.3) is 0 Å². The highest BCUT2D eigenvalue weighted by atomic mass is 16.5. The Bertz CT molecular complexity index is 1000. The van der Waals surface area contributed by atoms with Crippen LogP contribution in [0.3, 0.4) is 0 Å². The molecule has 2 amide bonds. The Balaban J connectivity index is 1.25. The van der Waals surface area contributed by atoms with Crippen LogP contribution in [-0.4, -0.2) is 41.8 Å². The van der Waals surface area contributed by atoms with Gasteiger partial charge in [0, 0.05) is 25.3 Å². The number of carboxylic acid groups (broad SMARTS) is 1. The van der Waals surface area contributed by atoms with Crippen molar-refractivity contribution in [1.82, 2.24) is 10.6 Å². The topological polar surface area (TPSA) is 105 Å². The van der Waals surface area contributed by atoms with Crippen molar-refractivity contribution in [3.05, 3.63) is 59.7 Å². The first kappa shape index (κ1) is 23.8. The summed E-state index contributed by atoms with van der Waals surface area (Å²) in [5, 5.41) is 14.5. The van der Waals surface area contributed by atoms with Crippen LogP contribution in [-0.2, 0) is 14.3 Å². The van der Waals surface area contributed by atoms with Gasteiger partial charge in [0.1, 0.15) is 6.61 Å². The van der Waals surface area contributed by atoms with E-state index in [0.29, 0.717) is 13.0 Å². The number of benzene rings is 2. The van der Waals surface area contributed by atoms with E-state index in [1.54, 1.807) is 0 Å². The van der Waals surface area contributed by atoms with Gasteiger partial charge in [0.15, 0.2) is 0 Å². The third-order valence-corrected chi connectivity index (χ3v) is 6.91. The fourth-order valence-electron chi connectivity index (χ4n) is 4.98. The molecule has 2 aromatic carbocycles. The Morgan fingerprint density at radius 1 is 0.941 bits per heavy atom. The number of carboxylic acids is 1. The van der Waals surface area contributed by atoms with Crippen molar-refractivity contribution in [2.45, 2.75) is 62.8 Å². The van der Waals surface area contributed by atoms with Crippen molar-refractivity contribution in [1.29, 1.82) is 0 Å². The lowest BCUT2D eigenvalue weighted by molar-refractivity contribution is -0.137. The van der Waals surface area contributed by atoms with Crippen LogP contribution in [0.4, 0.5) is 4.79 Å². The number of unbranched alkanes of at least 4 members (excludes halogenated alkanes) is 2. The predicted octanol–water partition coefficient (Wildman–Crippen LogP) is 4.60. The number of ether oxygens (including phenoxy) is 1. The second-order valence-corrected chi connectivity index (χ2v) is 9.32. The maximum absolute atomic E-state index is 12.7. The zero-order valence-corrected chi connectivity index (χ0v) is 19.3. The van der Waals surface area contributed by atoms with Crippen LogP contribution in [0, 0.1) is 0 Å². The van der Waals surface area contributed by atoms with E-state index in [9.17, 15) is 14.4 Å². The van der Waals surface area contributed by atoms with Crippen LogP contribution >= 0.6 is 0 Å². The molecule has 1 fully saturated rings. The molecule has 0 atom stereocenters. The number of fused-ring (bicyclic) bond motifs is 3. The van der Waals surface area contributed by atoms with Crippen molar-refractivity contribution in [2.24, 2.45) is 0 Å². The summed E-state index contributed by atoms with van der Waals surface area (Å²) in [5.74, 6) is -0.896. The molecule has 2 aromatic rings. The molecule has 0 saturated heterocycles. The van der Waals surface area contributed by atoms with E-state index in [1.807, 2.05) is 24.3 Å². The number of amides is 2. The van der Waals surface area contributed by atoms with Gasteiger partial charge in [0.2, 0.25) is 5.91 Å². The molecule has 1 saturated carbocycles. The number of hydrogen-bond donors (Lipinski definition) is 3. The smallest absolute Gasteiger partial charge is 0.407 e. The average molecular weight is 465 g/mol. The van der Waals surface area contributed by atoms with E-state index in [4.69, 9.17) is 9.84 Å². The molecule has 0 aromatic heterocycles. The summed E-state index contributed by atoms with van der Waals surface area (Å²) in [6, 6.07) is 16.4. The fraction of sp³-hybridized carbons (Fsp3) is 0.444. The van der Waals surface area contributed by atoms with Gasteiger partial charge in [-0.1, -0.05) is 55.0 Å². The van der Waals surface area contributed by atoms with Gasteiger partial charge in [-0.05, 0) is 54.4 Å². The van der Waals surface area contributed by atoms with Crippen LogP contribution in [0.1, 0.15) is 68.4 Å². The number of hydrogen-bond acceptors (Lipinski definition) is 4. The second kappa shape index (κ2) is 10.7. The molecule has 0 aliphatic heterocycles. The van der Waals surface area contributed by atoms with Crippen molar-refractivity contribution in [3.63, 3.8) is 0 Å². The van der Waals surface area contributed by atoms with E-state index in [0.717, 1.165) is 43.2 Å². The Morgan fingerprint density at radius 2 is 1.59 bits per heavy atom. The standard InChI is InChI=1S/C27H32N2O5/c30-24(28-16-7-1-2-13-25(31)32)17-27(14-8-15-27)29-26(33)34-18-23-21-11-5-3-9-19(21)20-10-4-6-12-22(20)23/h3-6,9-12,23H,1-2,7-8,13-18H2,(H,28,30)(H,29,33)(H,31,32). The minimum absolute atomic E-state index is 0.0000776. The summed E-state index contributed by atoms with van der Waals surface area (Å²) >= 11 is 0. The highest BCUT2D eigenvalue weighted by Crippen LogP contribution is 2.44.